The molecule has 0 saturated carbocycles. The van der Waals surface area contributed by atoms with Gasteiger partial charge in [0.25, 0.3) is 0 Å². The maximum Gasteiger partial charge on any atom is 0.129 e. The SMILES string of the molecule is COC.[SiH3]O[SiH3]. The fourth-order valence-corrected chi connectivity index (χ4v) is 0. The van der Waals surface area contributed by atoms with E-state index in [0.29, 0.717) is 0 Å². The van der Waals surface area contributed by atoms with E-state index >= 15 is 0 Å². The van der Waals surface area contributed by atoms with Crippen molar-refractivity contribution in [2.24, 2.45) is 0 Å². The lowest BCUT2D eigenvalue weighted by molar-refractivity contribution is 0.277. The second kappa shape index (κ2) is 18.3. The second-order valence-corrected chi connectivity index (χ2v) is 4.08. The zero-order valence-electron chi connectivity index (χ0n) is 4.82. The van der Waals surface area contributed by atoms with E-state index in [2.05, 4.69) is 8.85 Å². The van der Waals surface area contributed by atoms with Gasteiger partial charge < -0.3 is 8.85 Å². The molecule has 0 rings (SSSR count). The summed E-state index contributed by atoms with van der Waals surface area (Å²) in [6.07, 6.45) is 0. The van der Waals surface area contributed by atoms with Gasteiger partial charge in [-0.25, -0.2) is 0 Å². The minimum Gasteiger partial charge on any atom is -0.471 e. The Morgan fingerprint density at radius 3 is 1.17 bits per heavy atom. The summed E-state index contributed by atoms with van der Waals surface area (Å²) < 4.78 is 8.78. The summed E-state index contributed by atoms with van der Waals surface area (Å²) in [5.74, 6) is 0. The van der Waals surface area contributed by atoms with Crippen LogP contribution in [0.5, 0.6) is 0 Å². The van der Waals surface area contributed by atoms with Crippen LogP contribution < -0.4 is 0 Å². The highest BCUT2D eigenvalue weighted by atomic mass is 28.3. The van der Waals surface area contributed by atoms with Crippen molar-refractivity contribution in [1.29, 1.82) is 0 Å². The van der Waals surface area contributed by atoms with Crippen LogP contribution in [-0.4, -0.2) is 35.2 Å². The van der Waals surface area contributed by atoms with Crippen LogP contribution in [0, 0.1) is 0 Å². The highest BCUT2D eigenvalue weighted by Crippen LogP contribution is 1.28. The molecule has 0 aromatic heterocycles. The molecule has 0 heterocycles. The Hall–Kier alpha value is 0.354. The van der Waals surface area contributed by atoms with Crippen molar-refractivity contribution in [2.75, 3.05) is 14.2 Å². The average Bonchev–Trinajstić information content (AvgIpc) is 1.39. The number of methoxy groups -OCH3 is 1. The van der Waals surface area contributed by atoms with Gasteiger partial charge in [0.1, 0.15) is 21.0 Å². The normalized spacial score (nSPS) is 7.00. The van der Waals surface area contributed by atoms with Gasteiger partial charge in [0, 0.05) is 14.2 Å². The fraction of sp³-hybridized carbons (Fsp3) is 1.00. The van der Waals surface area contributed by atoms with Crippen LogP contribution in [0.2, 0.25) is 0 Å². The van der Waals surface area contributed by atoms with Crippen molar-refractivity contribution in [3.8, 4) is 0 Å². The molecule has 0 spiro atoms. The van der Waals surface area contributed by atoms with E-state index in [0.717, 1.165) is 21.0 Å². The largest absolute Gasteiger partial charge is 0.471 e. The molecule has 4 heteroatoms. The molecule has 6 heavy (non-hydrogen) atoms. The van der Waals surface area contributed by atoms with Crippen molar-refractivity contribution >= 4 is 21.0 Å². The van der Waals surface area contributed by atoms with E-state index in [4.69, 9.17) is 0 Å². The van der Waals surface area contributed by atoms with Crippen LogP contribution in [0.15, 0.2) is 0 Å². The first-order valence-corrected chi connectivity index (χ1v) is 3.27. The van der Waals surface area contributed by atoms with Crippen LogP contribution in [-0.2, 0) is 8.85 Å². The molecular weight excluding hydrogens is 112 g/mol. The molecule has 40 valence electrons. The third-order valence-electron chi connectivity index (χ3n) is 0. The van der Waals surface area contributed by atoms with Gasteiger partial charge in [-0.1, -0.05) is 0 Å². The zero-order chi connectivity index (χ0) is 5.41. The molecule has 0 radical (unpaired) electrons. The number of hydrogen-bond donors (Lipinski definition) is 0. The minimum absolute atomic E-state index is 0.931. The minimum atomic E-state index is 0.931. The van der Waals surface area contributed by atoms with Gasteiger partial charge in [-0.2, -0.15) is 0 Å². The smallest absolute Gasteiger partial charge is 0.129 e. The lowest BCUT2D eigenvalue weighted by Gasteiger charge is -1.62. The summed E-state index contributed by atoms with van der Waals surface area (Å²) in [5.41, 5.74) is 0. The van der Waals surface area contributed by atoms with Crippen molar-refractivity contribution in [1.82, 2.24) is 0 Å². The van der Waals surface area contributed by atoms with Gasteiger partial charge in [0.15, 0.2) is 0 Å². The Morgan fingerprint density at radius 1 is 1.17 bits per heavy atom. The Labute approximate surface area is 44.9 Å². The summed E-state index contributed by atoms with van der Waals surface area (Å²) in [6.45, 7) is 0. The first-order valence-electron chi connectivity index (χ1n) is 1.63. The van der Waals surface area contributed by atoms with Gasteiger partial charge in [-0.15, -0.1) is 0 Å². The summed E-state index contributed by atoms with van der Waals surface area (Å²) in [5, 5.41) is 0. The van der Waals surface area contributed by atoms with Gasteiger partial charge in [0.2, 0.25) is 0 Å². The van der Waals surface area contributed by atoms with Crippen molar-refractivity contribution in [2.45, 2.75) is 0 Å². The summed E-state index contributed by atoms with van der Waals surface area (Å²) in [6, 6.07) is 0. The average molecular weight is 124 g/mol. The monoisotopic (exact) mass is 124 g/mol. The van der Waals surface area contributed by atoms with E-state index in [1.807, 2.05) is 0 Å². The van der Waals surface area contributed by atoms with Crippen molar-refractivity contribution < 1.29 is 8.85 Å². The van der Waals surface area contributed by atoms with Crippen LogP contribution in [0.4, 0.5) is 0 Å². The van der Waals surface area contributed by atoms with Gasteiger partial charge in [-0.3, -0.25) is 0 Å². The third-order valence-corrected chi connectivity index (χ3v) is 0. The lowest BCUT2D eigenvalue weighted by atomic mass is 11.6. The first kappa shape index (κ1) is 9.61. The van der Waals surface area contributed by atoms with Crippen molar-refractivity contribution in [3.63, 3.8) is 0 Å². The molecule has 0 amide bonds. The van der Waals surface area contributed by atoms with E-state index in [1.165, 1.54) is 0 Å². The highest BCUT2D eigenvalue weighted by molar-refractivity contribution is 6.15. The zero-order valence-corrected chi connectivity index (χ0v) is 8.82. The molecule has 0 N–H and O–H groups in total. The molecule has 2 nitrogen and oxygen atoms in total. The molecule has 0 unspecified atom stereocenters. The predicted molar refractivity (Wildman–Crippen MR) is 33.9 cm³/mol. The quantitative estimate of drug-likeness (QED) is 0.342. The van der Waals surface area contributed by atoms with Gasteiger partial charge >= 0.3 is 0 Å². The van der Waals surface area contributed by atoms with Crippen LogP contribution in [0.3, 0.4) is 0 Å². The molecule has 0 aromatic rings. The second-order valence-electron chi connectivity index (χ2n) is 0.816. The lowest BCUT2D eigenvalue weighted by Crippen LogP contribution is -1.65. The van der Waals surface area contributed by atoms with Gasteiger partial charge in [0.05, 0.1) is 0 Å². The van der Waals surface area contributed by atoms with Crippen LogP contribution >= 0.6 is 0 Å². The van der Waals surface area contributed by atoms with E-state index in [9.17, 15) is 0 Å². The maximum absolute atomic E-state index is 4.53. The number of hydrogen-bond acceptors (Lipinski definition) is 2. The highest BCUT2D eigenvalue weighted by Gasteiger charge is 1.28. The number of rotatable bonds is 0. The van der Waals surface area contributed by atoms with Crippen molar-refractivity contribution in [3.05, 3.63) is 0 Å². The molecule has 0 saturated heterocycles. The molecular formula is C2H12O2Si2. The first-order chi connectivity index (χ1) is 2.83. The van der Waals surface area contributed by atoms with Crippen LogP contribution in [0.1, 0.15) is 0 Å². The summed E-state index contributed by atoms with van der Waals surface area (Å²) >= 11 is 0. The van der Waals surface area contributed by atoms with E-state index in [-0.39, 0.29) is 0 Å². The number of ether oxygens (including phenoxy) is 1. The Kier molecular flexibility index (Phi) is 29.3. The predicted octanol–water partition coefficient (Wildman–Crippen LogP) is -2.17. The molecule has 0 fully saturated rings. The maximum atomic E-state index is 4.53. The van der Waals surface area contributed by atoms with E-state index in [1.54, 1.807) is 14.2 Å². The molecule has 0 bridgehead atoms. The molecule has 0 aromatic carbocycles. The Bertz CT molecular complexity index is 11.5. The fourth-order valence-electron chi connectivity index (χ4n) is 0. The molecule has 0 aliphatic rings. The Morgan fingerprint density at radius 2 is 1.17 bits per heavy atom. The van der Waals surface area contributed by atoms with E-state index < -0.39 is 0 Å². The summed E-state index contributed by atoms with van der Waals surface area (Å²) in [7, 11) is 5.11. The molecule has 0 aliphatic heterocycles. The molecule has 0 atom stereocenters. The van der Waals surface area contributed by atoms with Crippen LogP contribution in [0.25, 0.3) is 0 Å². The third kappa shape index (κ3) is 391. The van der Waals surface area contributed by atoms with Gasteiger partial charge in [-0.05, 0) is 0 Å². The summed E-state index contributed by atoms with van der Waals surface area (Å²) in [4.78, 5) is 0. The molecule has 0 aliphatic carbocycles. The topological polar surface area (TPSA) is 18.5 Å². The standard InChI is InChI=1S/C2H6O.H6OSi2/c1-3-2;2-1-3/h1-2H3;2-3H3. The Balaban J connectivity index is 0.